The summed E-state index contributed by atoms with van der Waals surface area (Å²) < 4.78 is 6.02. The normalized spacial score (nSPS) is 10.4. The number of Topliss-reactive ketones (excluding diaryl/α,β-unsaturated/α-hetero) is 1. The van der Waals surface area contributed by atoms with E-state index in [9.17, 15) is 14.7 Å². The number of hydrogen-bond acceptors (Lipinski definition) is 5. The Morgan fingerprint density at radius 2 is 1.62 bits per heavy atom. The van der Waals surface area contributed by atoms with E-state index in [4.69, 9.17) is 10.00 Å². The van der Waals surface area contributed by atoms with Crippen molar-refractivity contribution in [2.45, 2.75) is 13.5 Å². The number of phenolic OH excluding ortho intramolecular Hbond substituents is 1. The van der Waals surface area contributed by atoms with Crippen molar-refractivity contribution < 1.29 is 19.4 Å². The van der Waals surface area contributed by atoms with Crippen molar-refractivity contribution in [1.82, 2.24) is 0 Å². The Hall–Kier alpha value is -4.69. The lowest BCUT2D eigenvalue weighted by Gasteiger charge is -2.15. The Labute approximate surface area is 197 Å². The van der Waals surface area contributed by atoms with Crippen LogP contribution in [0.5, 0.6) is 11.5 Å². The van der Waals surface area contributed by atoms with Gasteiger partial charge >= 0.3 is 0 Å². The van der Waals surface area contributed by atoms with Gasteiger partial charge in [0, 0.05) is 11.1 Å². The molecule has 5 heteroatoms. The smallest absolute Gasteiger partial charge is 0.193 e. The van der Waals surface area contributed by atoms with Crippen LogP contribution in [0.15, 0.2) is 91.0 Å². The highest BCUT2D eigenvalue weighted by atomic mass is 16.5. The van der Waals surface area contributed by atoms with E-state index in [1.54, 1.807) is 60.7 Å². The quantitative estimate of drug-likeness (QED) is 0.354. The average molecular weight is 447 g/mol. The number of carbonyl (C=O) groups excluding carboxylic acids is 2. The zero-order chi connectivity index (χ0) is 24.1. The number of nitrogens with zero attached hydrogens (tertiary/aromatic N) is 1. The molecule has 0 fully saturated rings. The zero-order valence-corrected chi connectivity index (χ0v) is 18.5. The van der Waals surface area contributed by atoms with E-state index < -0.39 is 0 Å². The average Bonchev–Trinajstić information content (AvgIpc) is 2.87. The van der Waals surface area contributed by atoms with Crippen LogP contribution in [0.4, 0.5) is 0 Å². The lowest BCUT2D eigenvalue weighted by Crippen LogP contribution is -2.03. The van der Waals surface area contributed by atoms with Crippen LogP contribution >= 0.6 is 0 Å². The monoisotopic (exact) mass is 447 g/mol. The number of hydrogen-bond donors (Lipinski definition) is 1. The minimum atomic E-state index is -0.234. The molecule has 0 saturated carbocycles. The molecule has 0 atom stereocenters. The molecule has 0 unspecified atom stereocenters. The predicted octanol–water partition coefficient (Wildman–Crippen LogP) is 5.94. The van der Waals surface area contributed by atoms with Crippen molar-refractivity contribution in [3.8, 4) is 28.7 Å². The number of nitriles is 1. The lowest BCUT2D eigenvalue weighted by atomic mass is 9.98. The summed E-state index contributed by atoms with van der Waals surface area (Å²) in [5, 5.41) is 19.8. The molecule has 0 heterocycles. The first-order valence-electron chi connectivity index (χ1n) is 10.7. The van der Waals surface area contributed by atoms with Crippen molar-refractivity contribution >= 4 is 11.6 Å². The van der Waals surface area contributed by atoms with Crippen LogP contribution in [-0.2, 0) is 6.61 Å². The molecule has 0 aromatic heterocycles. The van der Waals surface area contributed by atoms with Crippen LogP contribution in [0.2, 0.25) is 0 Å². The molecular weight excluding hydrogens is 426 g/mol. The number of aromatic hydroxyl groups is 1. The number of carbonyl (C=O) groups is 2. The van der Waals surface area contributed by atoms with Gasteiger partial charge in [-0.2, -0.15) is 5.26 Å². The third kappa shape index (κ3) is 4.72. The largest absolute Gasteiger partial charge is 0.506 e. The molecule has 0 bridgehead atoms. The van der Waals surface area contributed by atoms with Crippen LogP contribution in [-0.4, -0.2) is 16.7 Å². The molecule has 5 nitrogen and oxygen atoms in total. The molecule has 166 valence electrons. The standard InChI is InChI=1S/C29H21NO4/c1-19(31)25-14-15-26(27(29(25)33)22-7-3-2-4-8-22)34-18-20-10-12-23(13-11-20)28(32)24-9-5-6-21(16-24)17-30/h2-16,33H,18H2,1H3. The van der Waals surface area contributed by atoms with Crippen molar-refractivity contribution in [3.63, 3.8) is 0 Å². The Morgan fingerprint density at radius 3 is 2.29 bits per heavy atom. The fourth-order valence-electron chi connectivity index (χ4n) is 3.67. The van der Waals surface area contributed by atoms with Crippen molar-refractivity contribution in [2.75, 3.05) is 0 Å². The molecule has 4 rings (SSSR count). The third-order valence-corrected chi connectivity index (χ3v) is 5.45. The minimum absolute atomic E-state index is 0.114. The number of phenols is 1. The first-order chi connectivity index (χ1) is 16.5. The maximum Gasteiger partial charge on any atom is 0.193 e. The highest BCUT2D eigenvalue weighted by molar-refractivity contribution is 6.09. The highest BCUT2D eigenvalue weighted by Gasteiger charge is 2.18. The summed E-state index contributed by atoms with van der Waals surface area (Å²) in [6, 6.07) is 28.1. The van der Waals surface area contributed by atoms with Crippen molar-refractivity contribution in [2.24, 2.45) is 0 Å². The fourth-order valence-corrected chi connectivity index (χ4v) is 3.67. The molecule has 0 spiro atoms. The topological polar surface area (TPSA) is 87.4 Å². The molecule has 0 amide bonds. The van der Waals surface area contributed by atoms with Crippen LogP contribution < -0.4 is 4.74 Å². The SMILES string of the molecule is CC(=O)c1ccc(OCc2ccc(C(=O)c3cccc(C#N)c3)cc2)c(-c2ccccc2)c1O. The number of benzene rings is 4. The number of ketones is 2. The van der Waals surface area contributed by atoms with E-state index in [1.165, 1.54) is 6.92 Å². The van der Waals surface area contributed by atoms with E-state index in [-0.39, 0.29) is 29.5 Å². The Balaban J connectivity index is 1.56. The summed E-state index contributed by atoms with van der Waals surface area (Å²) in [7, 11) is 0. The second kappa shape index (κ2) is 9.85. The van der Waals surface area contributed by atoms with E-state index >= 15 is 0 Å². The van der Waals surface area contributed by atoms with E-state index in [0.717, 1.165) is 11.1 Å². The van der Waals surface area contributed by atoms with Gasteiger partial charge in [-0.1, -0.05) is 66.7 Å². The molecule has 4 aromatic rings. The van der Waals surface area contributed by atoms with Crippen LogP contribution in [0, 0.1) is 11.3 Å². The van der Waals surface area contributed by atoms with E-state index in [1.807, 2.05) is 36.4 Å². The summed E-state index contributed by atoms with van der Waals surface area (Å²) >= 11 is 0. The molecule has 34 heavy (non-hydrogen) atoms. The molecule has 0 aliphatic carbocycles. The second-order valence-corrected chi connectivity index (χ2v) is 7.76. The van der Waals surface area contributed by atoms with Gasteiger partial charge in [-0.15, -0.1) is 0 Å². The van der Waals surface area contributed by atoms with Gasteiger partial charge in [0.05, 0.1) is 22.8 Å². The number of ether oxygens (including phenoxy) is 1. The lowest BCUT2D eigenvalue weighted by molar-refractivity contribution is 0.101. The fraction of sp³-hybridized carbons (Fsp3) is 0.0690. The Bertz CT molecular complexity index is 1400. The molecule has 0 aliphatic rings. The van der Waals surface area contributed by atoms with Gasteiger partial charge in [-0.25, -0.2) is 0 Å². The molecule has 0 aliphatic heterocycles. The van der Waals surface area contributed by atoms with Gasteiger partial charge in [-0.3, -0.25) is 9.59 Å². The van der Waals surface area contributed by atoms with Gasteiger partial charge in [0.1, 0.15) is 18.1 Å². The van der Waals surface area contributed by atoms with Gasteiger partial charge in [-0.05, 0) is 42.3 Å². The van der Waals surface area contributed by atoms with Crippen LogP contribution in [0.3, 0.4) is 0 Å². The summed E-state index contributed by atoms with van der Waals surface area (Å²) in [4.78, 5) is 24.7. The number of rotatable bonds is 7. The second-order valence-electron chi connectivity index (χ2n) is 7.76. The van der Waals surface area contributed by atoms with Gasteiger partial charge in [0.2, 0.25) is 0 Å². The van der Waals surface area contributed by atoms with Gasteiger partial charge in [0.25, 0.3) is 0 Å². The summed E-state index contributed by atoms with van der Waals surface area (Å²) in [6.07, 6.45) is 0. The predicted molar refractivity (Wildman–Crippen MR) is 129 cm³/mol. The summed E-state index contributed by atoms with van der Waals surface area (Å²) in [5.41, 5.74) is 3.65. The molecule has 4 aromatic carbocycles. The van der Waals surface area contributed by atoms with Crippen LogP contribution in [0.25, 0.3) is 11.1 Å². The maximum absolute atomic E-state index is 12.7. The maximum atomic E-state index is 12.7. The summed E-state index contributed by atoms with van der Waals surface area (Å²) in [5.74, 6) is -0.0682. The summed E-state index contributed by atoms with van der Waals surface area (Å²) in [6.45, 7) is 1.61. The zero-order valence-electron chi connectivity index (χ0n) is 18.5. The van der Waals surface area contributed by atoms with Crippen LogP contribution in [0.1, 0.15) is 44.3 Å². The first-order valence-corrected chi connectivity index (χ1v) is 10.7. The Morgan fingerprint density at radius 1 is 0.882 bits per heavy atom. The van der Waals surface area contributed by atoms with E-state index in [0.29, 0.717) is 28.0 Å². The highest BCUT2D eigenvalue weighted by Crippen LogP contribution is 2.40. The molecule has 0 saturated heterocycles. The molecule has 1 N–H and O–H groups in total. The molecular formula is C29H21NO4. The third-order valence-electron chi connectivity index (χ3n) is 5.45. The first kappa shape index (κ1) is 22.5. The van der Waals surface area contributed by atoms with Gasteiger partial charge in [0.15, 0.2) is 11.6 Å². The van der Waals surface area contributed by atoms with Gasteiger partial charge < -0.3 is 9.84 Å². The van der Waals surface area contributed by atoms with Crippen molar-refractivity contribution in [1.29, 1.82) is 5.26 Å². The van der Waals surface area contributed by atoms with Crippen molar-refractivity contribution in [3.05, 3.63) is 119 Å². The van der Waals surface area contributed by atoms with E-state index in [2.05, 4.69) is 0 Å². The Kier molecular flexibility index (Phi) is 6.52. The minimum Gasteiger partial charge on any atom is -0.506 e. The molecule has 0 radical (unpaired) electrons.